The Morgan fingerprint density at radius 3 is 2.54 bits per heavy atom. The molecule has 2 aliphatic rings. The van der Waals surface area contributed by atoms with Gasteiger partial charge >= 0.3 is 6.18 Å². The highest BCUT2D eigenvalue weighted by molar-refractivity contribution is 7.91. The Labute approximate surface area is 232 Å². The number of anilines is 2. The molecule has 8 nitrogen and oxygen atoms in total. The lowest BCUT2D eigenvalue weighted by atomic mass is 10.0. The van der Waals surface area contributed by atoms with Gasteiger partial charge in [-0.2, -0.15) is 13.2 Å². The molecule has 2 aliphatic heterocycles. The van der Waals surface area contributed by atoms with Gasteiger partial charge in [-0.05, 0) is 61.1 Å². The van der Waals surface area contributed by atoms with Crippen molar-refractivity contribution < 1.29 is 30.0 Å². The number of rotatable bonds is 5. The highest BCUT2D eigenvalue weighted by Gasteiger charge is 2.37. The molecule has 0 atom stereocenters. The summed E-state index contributed by atoms with van der Waals surface area (Å²) in [4.78, 5) is 8.27. The number of hydrogen-bond donors (Lipinski definition) is 2. The van der Waals surface area contributed by atoms with E-state index >= 15 is 0 Å². The summed E-state index contributed by atoms with van der Waals surface area (Å²) in [5.74, 6) is -0.759. The third-order valence-electron chi connectivity index (χ3n) is 6.80. The fourth-order valence-electron chi connectivity index (χ4n) is 4.79. The van der Waals surface area contributed by atoms with Crippen molar-refractivity contribution in [3.63, 3.8) is 0 Å². The molecule has 2 aromatic heterocycles. The van der Waals surface area contributed by atoms with E-state index in [0.717, 1.165) is 41.7 Å². The SMILES string of the molecule is CS(=O)(=O)c1cc(-c2nc(Nc3cc4c(cc3Cl)CNCC4)ncc2C(F)(F)F)sc1C1CCS(=O)(=O)CC1. The number of benzene rings is 1. The standard InChI is InChI=1S/C24H24ClF3N4O4S3/c1-38(33,34)20-10-19(37-22(20)13-3-6-39(35,36)7-4-13)21-16(24(26,27)28)12-30-23(32-21)31-18-9-14-2-5-29-11-15(14)8-17(18)25/h8-10,12-13,29H,2-7,11H2,1H3,(H,30,31,32). The lowest BCUT2D eigenvalue weighted by molar-refractivity contribution is -0.137. The molecule has 210 valence electrons. The van der Waals surface area contributed by atoms with Crippen molar-refractivity contribution in [2.75, 3.05) is 29.6 Å². The molecule has 0 unspecified atom stereocenters. The van der Waals surface area contributed by atoms with E-state index in [1.54, 1.807) is 6.07 Å². The zero-order valence-electron chi connectivity index (χ0n) is 20.6. The maximum atomic E-state index is 14.0. The van der Waals surface area contributed by atoms with Crippen molar-refractivity contribution >= 4 is 54.2 Å². The van der Waals surface area contributed by atoms with Crippen molar-refractivity contribution in [2.24, 2.45) is 0 Å². The zero-order chi connectivity index (χ0) is 28.2. The van der Waals surface area contributed by atoms with Gasteiger partial charge in [0.15, 0.2) is 9.84 Å². The van der Waals surface area contributed by atoms with Crippen LogP contribution in [0.4, 0.5) is 24.8 Å². The number of hydrogen-bond acceptors (Lipinski definition) is 9. The highest BCUT2D eigenvalue weighted by atomic mass is 35.5. The van der Waals surface area contributed by atoms with Crippen LogP contribution in [0.25, 0.3) is 10.6 Å². The summed E-state index contributed by atoms with van der Waals surface area (Å²) in [6, 6.07) is 4.80. The summed E-state index contributed by atoms with van der Waals surface area (Å²) in [5.41, 5.74) is 0.927. The average molecular weight is 621 g/mol. The third-order valence-corrected chi connectivity index (χ3v) is 11.4. The lowest BCUT2D eigenvalue weighted by Gasteiger charge is -2.21. The first-order valence-corrected chi connectivity index (χ1v) is 16.9. The molecule has 0 saturated carbocycles. The van der Waals surface area contributed by atoms with E-state index in [2.05, 4.69) is 20.6 Å². The fourth-order valence-corrected chi connectivity index (χ4v) is 9.26. The number of alkyl halides is 3. The molecule has 0 bridgehead atoms. The van der Waals surface area contributed by atoms with Crippen molar-refractivity contribution in [3.8, 4) is 10.6 Å². The summed E-state index contributed by atoms with van der Waals surface area (Å²) >= 11 is 7.31. The summed E-state index contributed by atoms with van der Waals surface area (Å²) in [6.07, 6.45) is -2.02. The minimum Gasteiger partial charge on any atom is -0.323 e. The summed E-state index contributed by atoms with van der Waals surface area (Å²) in [6.45, 7) is 1.44. The molecule has 0 amide bonds. The Bertz CT molecular complexity index is 1640. The number of aromatic nitrogens is 2. The van der Waals surface area contributed by atoms with Gasteiger partial charge < -0.3 is 10.6 Å². The molecule has 3 aromatic rings. The van der Waals surface area contributed by atoms with Gasteiger partial charge in [0.05, 0.1) is 37.7 Å². The van der Waals surface area contributed by atoms with Crippen LogP contribution in [0.15, 0.2) is 29.3 Å². The number of fused-ring (bicyclic) bond motifs is 1. The van der Waals surface area contributed by atoms with Crippen molar-refractivity contribution in [1.82, 2.24) is 15.3 Å². The number of nitrogens with one attached hydrogen (secondary N) is 2. The Balaban J connectivity index is 1.58. The molecular weight excluding hydrogens is 597 g/mol. The summed E-state index contributed by atoms with van der Waals surface area (Å²) < 4.78 is 91.1. The molecule has 1 fully saturated rings. The second-order valence-electron chi connectivity index (χ2n) is 9.64. The van der Waals surface area contributed by atoms with E-state index in [0.29, 0.717) is 28.3 Å². The minimum absolute atomic E-state index is 0.000701. The molecule has 39 heavy (non-hydrogen) atoms. The van der Waals surface area contributed by atoms with E-state index in [1.165, 1.54) is 6.07 Å². The Morgan fingerprint density at radius 2 is 1.87 bits per heavy atom. The van der Waals surface area contributed by atoms with Crippen LogP contribution in [-0.2, 0) is 38.8 Å². The predicted octanol–water partition coefficient (Wildman–Crippen LogP) is 4.96. The first-order chi connectivity index (χ1) is 18.2. The van der Waals surface area contributed by atoms with Gasteiger partial charge in [0.1, 0.15) is 15.4 Å². The van der Waals surface area contributed by atoms with E-state index in [4.69, 9.17) is 11.6 Å². The number of thiophene rings is 1. The second kappa shape index (κ2) is 10.3. The molecule has 0 spiro atoms. The van der Waals surface area contributed by atoms with E-state index in [-0.39, 0.29) is 40.1 Å². The highest BCUT2D eigenvalue weighted by Crippen LogP contribution is 2.45. The summed E-state index contributed by atoms with van der Waals surface area (Å²) in [5, 5.41) is 6.51. The second-order valence-corrected chi connectivity index (χ2v) is 15.4. The topological polar surface area (TPSA) is 118 Å². The molecule has 1 saturated heterocycles. The largest absolute Gasteiger partial charge is 0.420 e. The van der Waals surface area contributed by atoms with Gasteiger partial charge in [0, 0.05) is 23.9 Å². The lowest BCUT2D eigenvalue weighted by Crippen LogP contribution is -2.23. The minimum atomic E-state index is -4.81. The number of sulfone groups is 2. The number of nitrogens with zero attached hydrogens (tertiary/aromatic N) is 2. The average Bonchev–Trinajstić information content (AvgIpc) is 3.30. The first kappa shape index (κ1) is 28.3. The van der Waals surface area contributed by atoms with Crippen LogP contribution in [0.1, 0.15) is 40.3 Å². The Hall–Kier alpha value is -2.26. The van der Waals surface area contributed by atoms with Crippen molar-refractivity contribution in [2.45, 2.75) is 42.8 Å². The van der Waals surface area contributed by atoms with Crippen LogP contribution >= 0.6 is 22.9 Å². The molecule has 0 aliphatic carbocycles. The van der Waals surface area contributed by atoms with E-state index in [9.17, 15) is 30.0 Å². The van der Waals surface area contributed by atoms with Crippen LogP contribution in [0.5, 0.6) is 0 Å². The zero-order valence-corrected chi connectivity index (χ0v) is 23.8. The maximum Gasteiger partial charge on any atom is 0.420 e. The van der Waals surface area contributed by atoms with Gasteiger partial charge in [0.25, 0.3) is 0 Å². The summed E-state index contributed by atoms with van der Waals surface area (Å²) in [7, 11) is -7.05. The van der Waals surface area contributed by atoms with Crippen molar-refractivity contribution in [3.05, 3.63) is 51.0 Å². The third kappa shape index (κ3) is 6.09. The van der Waals surface area contributed by atoms with Gasteiger partial charge in [-0.1, -0.05) is 11.6 Å². The van der Waals surface area contributed by atoms with Crippen molar-refractivity contribution in [1.29, 1.82) is 0 Å². The smallest absolute Gasteiger partial charge is 0.323 e. The van der Waals surface area contributed by atoms with Crippen LogP contribution in [0, 0.1) is 0 Å². The maximum absolute atomic E-state index is 14.0. The van der Waals surface area contributed by atoms with Crippen LogP contribution in [0.2, 0.25) is 5.02 Å². The predicted molar refractivity (Wildman–Crippen MR) is 144 cm³/mol. The normalized spacial score (nSPS) is 18.1. The molecule has 0 radical (unpaired) electrons. The van der Waals surface area contributed by atoms with Gasteiger partial charge in [-0.15, -0.1) is 11.3 Å². The molecule has 1 aromatic carbocycles. The fraction of sp³-hybridized carbons (Fsp3) is 0.417. The van der Waals surface area contributed by atoms with Gasteiger partial charge in [-0.3, -0.25) is 0 Å². The Morgan fingerprint density at radius 1 is 1.15 bits per heavy atom. The van der Waals surface area contributed by atoms with Crippen LogP contribution < -0.4 is 10.6 Å². The van der Waals surface area contributed by atoms with Gasteiger partial charge in [-0.25, -0.2) is 26.8 Å². The van der Waals surface area contributed by atoms with E-state index in [1.807, 2.05) is 6.07 Å². The molecule has 5 rings (SSSR count). The molecule has 4 heterocycles. The quantitative estimate of drug-likeness (QED) is 0.411. The monoisotopic (exact) mass is 620 g/mol. The molecule has 15 heteroatoms. The Kier molecular flexibility index (Phi) is 7.46. The molecular formula is C24H24ClF3N4O4S3. The van der Waals surface area contributed by atoms with Gasteiger partial charge in [0.2, 0.25) is 5.95 Å². The first-order valence-electron chi connectivity index (χ1n) is 12.0. The van der Waals surface area contributed by atoms with E-state index < -0.39 is 43.0 Å². The van der Waals surface area contributed by atoms with Crippen LogP contribution in [-0.4, -0.2) is 51.1 Å². The number of halogens is 4. The van der Waals surface area contributed by atoms with Crippen LogP contribution in [0.3, 0.4) is 0 Å². The molecule has 2 N–H and O–H groups in total.